The molecular weight excluding hydrogens is 376 g/mol. The summed E-state index contributed by atoms with van der Waals surface area (Å²) in [7, 11) is 1.69. The highest BCUT2D eigenvalue weighted by atomic mass is 16.5. The topological polar surface area (TPSA) is 44.9 Å². The molecule has 0 saturated carbocycles. The average Bonchev–Trinajstić information content (AvgIpc) is 3.17. The Balaban J connectivity index is 1.60. The van der Waals surface area contributed by atoms with Gasteiger partial charge in [-0.25, -0.2) is 4.79 Å². The van der Waals surface area contributed by atoms with Crippen molar-refractivity contribution < 1.29 is 19.2 Å². The van der Waals surface area contributed by atoms with Crippen LogP contribution in [0.1, 0.15) is 22.4 Å². The summed E-state index contributed by atoms with van der Waals surface area (Å²) >= 11 is 0. The molecule has 0 fully saturated rings. The number of ether oxygens (including phenoxy) is 2. The molecule has 1 atom stereocenters. The van der Waals surface area contributed by atoms with Crippen LogP contribution in [0.25, 0.3) is 0 Å². The van der Waals surface area contributed by atoms with Gasteiger partial charge in [0, 0.05) is 19.9 Å². The average molecular weight is 408 g/mol. The third kappa shape index (κ3) is 6.87. The number of aromatic nitrogens is 1. The van der Waals surface area contributed by atoms with Crippen molar-refractivity contribution in [1.29, 1.82) is 0 Å². The summed E-state index contributed by atoms with van der Waals surface area (Å²) in [5.41, 5.74) is 4.72. The van der Waals surface area contributed by atoms with Crippen molar-refractivity contribution in [2.75, 3.05) is 26.8 Å². The van der Waals surface area contributed by atoms with Crippen molar-refractivity contribution in [2.45, 2.75) is 26.6 Å². The molecular formula is C25H31N2O3+. The molecule has 1 unspecified atom stereocenters. The molecule has 0 aliphatic rings. The lowest BCUT2D eigenvalue weighted by Crippen LogP contribution is -3.12. The first kappa shape index (κ1) is 21.8. The SMILES string of the molecule is COCC[NH+](CC(=O)OCc1ccccc1)Cc1cccn1Cc1cccc(C)c1. The standard InChI is InChI=1S/C25H30N2O3/c1-21-8-6-11-23(16-21)17-27-13-7-12-24(27)18-26(14-15-29-2)19-25(28)30-20-22-9-4-3-5-10-22/h3-13,16H,14-15,17-20H2,1-2H3/p+1. The van der Waals surface area contributed by atoms with E-state index in [0.29, 0.717) is 19.8 Å². The van der Waals surface area contributed by atoms with E-state index in [9.17, 15) is 4.79 Å². The molecule has 1 N–H and O–H groups in total. The maximum atomic E-state index is 12.4. The van der Waals surface area contributed by atoms with Gasteiger partial charge in [-0.1, -0.05) is 60.2 Å². The Morgan fingerprint density at radius 2 is 1.80 bits per heavy atom. The minimum atomic E-state index is -0.193. The molecule has 5 nitrogen and oxygen atoms in total. The van der Waals surface area contributed by atoms with Crippen molar-refractivity contribution in [2.24, 2.45) is 0 Å². The van der Waals surface area contributed by atoms with E-state index in [2.05, 4.69) is 54.1 Å². The molecule has 0 bridgehead atoms. The largest absolute Gasteiger partial charge is 0.457 e. The third-order valence-electron chi connectivity index (χ3n) is 5.09. The van der Waals surface area contributed by atoms with E-state index in [1.165, 1.54) is 16.8 Å². The quantitative estimate of drug-likeness (QED) is 0.497. The molecule has 3 rings (SSSR count). The number of hydrogen-bond acceptors (Lipinski definition) is 3. The summed E-state index contributed by atoms with van der Waals surface area (Å²) in [6, 6.07) is 22.5. The van der Waals surface area contributed by atoms with Gasteiger partial charge in [-0.2, -0.15) is 0 Å². The Labute approximate surface area is 178 Å². The van der Waals surface area contributed by atoms with E-state index >= 15 is 0 Å². The van der Waals surface area contributed by atoms with Crippen LogP contribution in [0.15, 0.2) is 72.9 Å². The Bertz CT molecular complexity index is 921. The molecule has 0 spiro atoms. The number of carbonyl (C=O) groups is 1. The summed E-state index contributed by atoms with van der Waals surface area (Å²) in [6.07, 6.45) is 2.10. The van der Waals surface area contributed by atoms with Gasteiger partial charge in [0.25, 0.3) is 0 Å². The van der Waals surface area contributed by atoms with Crippen LogP contribution in [0.2, 0.25) is 0 Å². The van der Waals surface area contributed by atoms with Crippen LogP contribution >= 0.6 is 0 Å². The highest BCUT2D eigenvalue weighted by Gasteiger charge is 2.18. The van der Waals surface area contributed by atoms with E-state index in [4.69, 9.17) is 9.47 Å². The molecule has 0 aliphatic heterocycles. The second-order valence-electron chi connectivity index (χ2n) is 7.61. The molecule has 2 aromatic carbocycles. The van der Waals surface area contributed by atoms with Gasteiger partial charge in [-0.3, -0.25) is 0 Å². The van der Waals surface area contributed by atoms with E-state index in [1.807, 2.05) is 30.3 Å². The first-order valence-electron chi connectivity index (χ1n) is 10.4. The number of quaternary nitrogens is 1. The number of carbonyl (C=O) groups excluding carboxylic acids is 1. The molecule has 0 amide bonds. The van der Waals surface area contributed by atoms with Gasteiger partial charge in [0.2, 0.25) is 0 Å². The zero-order valence-electron chi connectivity index (χ0n) is 17.8. The Kier molecular flexibility index (Phi) is 8.24. The van der Waals surface area contributed by atoms with Gasteiger partial charge in [0.15, 0.2) is 6.54 Å². The Hall–Kier alpha value is -2.89. The van der Waals surface area contributed by atoms with Crippen molar-refractivity contribution >= 4 is 5.97 Å². The number of rotatable bonds is 11. The lowest BCUT2D eigenvalue weighted by molar-refractivity contribution is -0.907. The molecule has 5 heteroatoms. The molecule has 0 saturated heterocycles. The van der Waals surface area contributed by atoms with Gasteiger partial charge in [-0.05, 0) is 30.2 Å². The zero-order valence-corrected chi connectivity index (χ0v) is 17.8. The smallest absolute Gasteiger partial charge is 0.362 e. The molecule has 158 valence electrons. The number of methoxy groups -OCH3 is 1. The third-order valence-corrected chi connectivity index (χ3v) is 5.09. The predicted octanol–water partition coefficient (Wildman–Crippen LogP) is 2.62. The van der Waals surface area contributed by atoms with Crippen LogP contribution < -0.4 is 4.90 Å². The number of hydrogen-bond donors (Lipinski definition) is 1. The van der Waals surface area contributed by atoms with Crippen molar-refractivity contribution in [3.05, 3.63) is 95.3 Å². The second-order valence-corrected chi connectivity index (χ2v) is 7.61. The Morgan fingerprint density at radius 1 is 1.00 bits per heavy atom. The van der Waals surface area contributed by atoms with E-state index < -0.39 is 0 Å². The monoisotopic (exact) mass is 407 g/mol. The van der Waals surface area contributed by atoms with Crippen LogP contribution in [0.4, 0.5) is 0 Å². The first-order valence-corrected chi connectivity index (χ1v) is 10.4. The number of esters is 1. The fraction of sp³-hybridized carbons (Fsp3) is 0.320. The summed E-state index contributed by atoms with van der Waals surface area (Å²) in [5, 5.41) is 0. The molecule has 30 heavy (non-hydrogen) atoms. The lowest BCUT2D eigenvalue weighted by atomic mass is 10.1. The lowest BCUT2D eigenvalue weighted by Gasteiger charge is -2.20. The summed E-state index contributed by atoms with van der Waals surface area (Å²) in [6.45, 7) is 5.62. The van der Waals surface area contributed by atoms with Crippen LogP contribution in [0, 0.1) is 6.92 Å². The maximum absolute atomic E-state index is 12.4. The summed E-state index contributed by atoms with van der Waals surface area (Å²) < 4.78 is 13.0. The zero-order chi connectivity index (χ0) is 21.2. The summed E-state index contributed by atoms with van der Waals surface area (Å²) in [5.74, 6) is -0.193. The van der Waals surface area contributed by atoms with Crippen LogP contribution in [-0.4, -0.2) is 37.3 Å². The number of nitrogens with zero attached hydrogens (tertiary/aromatic N) is 1. The van der Waals surface area contributed by atoms with Gasteiger partial charge in [0.1, 0.15) is 19.7 Å². The number of benzene rings is 2. The van der Waals surface area contributed by atoms with Crippen LogP contribution in [0.5, 0.6) is 0 Å². The van der Waals surface area contributed by atoms with E-state index in [1.54, 1.807) is 7.11 Å². The van der Waals surface area contributed by atoms with Crippen molar-refractivity contribution in [1.82, 2.24) is 4.57 Å². The van der Waals surface area contributed by atoms with E-state index in [-0.39, 0.29) is 5.97 Å². The molecule has 0 radical (unpaired) electrons. The van der Waals surface area contributed by atoms with Gasteiger partial charge >= 0.3 is 5.97 Å². The number of nitrogens with one attached hydrogen (secondary N) is 1. The maximum Gasteiger partial charge on any atom is 0.362 e. The molecule has 1 heterocycles. The van der Waals surface area contributed by atoms with Gasteiger partial charge in [-0.15, -0.1) is 0 Å². The van der Waals surface area contributed by atoms with Crippen LogP contribution in [0.3, 0.4) is 0 Å². The highest BCUT2D eigenvalue weighted by Crippen LogP contribution is 2.09. The second kappa shape index (κ2) is 11.3. The molecule has 0 aliphatic carbocycles. The van der Waals surface area contributed by atoms with E-state index in [0.717, 1.165) is 30.1 Å². The Morgan fingerprint density at radius 3 is 2.57 bits per heavy atom. The van der Waals surface area contributed by atoms with Gasteiger partial charge in [0.05, 0.1) is 12.3 Å². The fourth-order valence-corrected chi connectivity index (χ4v) is 3.51. The molecule has 3 aromatic rings. The first-order chi connectivity index (χ1) is 14.6. The van der Waals surface area contributed by atoms with Gasteiger partial charge < -0.3 is 18.9 Å². The minimum absolute atomic E-state index is 0.193. The normalized spacial score (nSPS) is 11.9. The summed E-state index contributed by atoms with van der Waals surface area (Å²) in [4.78, 5) is 13.6. The van der Waals surface area contributed by atoms with Crippen molar-refractivity contribution in [3.8, 4) is 0 Å². The minimum Gasteiger partial charge on any atom is -0.457 e. The predicted molar refractivity (Wildman–Crippen MR) is 117 cm³/mol. The fourth-order valence-electron chi connectivity index (χ4n) is 3.51. The highest BCUT2D eigenvalue weighted by molar-refractivity contribution is 5.70. The van der Waals surface area contributed by atoms with Crippen molar-refractivity contribution in [3.63, 3.8) is 0 Å². The van der Waals surface area contributed by atoms with Crippen LogP contribution in [-0.2, 0) is 34.0 Å². The molecule has 1 aromatic heterocycles. The number of aryl methyl sites for hydroxylation is 1.